The topological polar surface area (TPSA) is 68.5 Å². The third-order valence-electron chi connectivity index (χ3n) is 3.90. The summed E-state index contributed by atoms with van der Waals surface area (Å²) in [6, 6.07) is 3.52. The molecule has 1 N–H and O–H groups in total. The molecule has 25 heavy (non-hydrogen) atoms. The third-order valence-corrected chi connectivity index (χ3v) is 5.10. The van der Waals surface area contributed by atoms with E-state index in [-0.39, 0.29) is 18.0 Å². The van der Waals surface area contributed by atoms with Gasteiger partial charge in [-0.15, -0.1) is 11.3 Å². The molecule has 5 nitrogen and oxygen atoms in total. The van der Waals surface area contributed by atoms with Crippen molar-refractivity contribution < 1.29 is 18.7 Å². The highest BCUT2D eigenvalue weighted by molar-refractivity contribution is 7.17. The van der Waals surface area contributed by atoms with Crippen molar-refractivity contribution in [2.45, 2.75) is 45.6 Å². The summed E-state index contributed by atoms with van der Waals surface area (Å²) in [7, 11) is 0. The van der Waals surface area contributed by atoms with Crippen LogP contribution < -0.4 is 5.32 Å². The van der Waals surface area contributed by atoms with Gasteiger partial charge in [0.05, 0.1) is 17.9 Å². The predicted molar refractivity (Wildman–Crippen MR) is 97.9 cm³/mol. The first-order chi connectivity index (χ1) is 12.0. The number of hydrogen-bond acceptors (Lipinski definition) is 5. The summed E-state index contributed by atoms with van der Waals surface area (Å²) in [4.78, 5) is 25.9. The van der Waals surface area contributed by atoms with Crippen LogP contribution in [0, 0.1) is 0 Å². The Morgan fingerprint density at radius 1 is 1.32 bits per heavy atom. The summed E-state index contributed by atoms with van der Waals surface area (Å²) in [5.41, 5.74) is 1.56. The van der Waals surface area contributed by atoms with Crippen LogP contribution in [0.25, 0.3) is 6.08 Å². The molecule has 0 saturated heterocycles. The summed E-state index contributed by atoms with van der Waals surface area (Å²) < 4.78 is 10.6. The number of carbonyl (C=O) groups excluding carboxylic acids is 2. The molecular weight excluding hydrogens is 338 g/mol. The minimum Gasteiger partial charge on any atom is -0.465 e. The fourth-order valence-electron chi connectivity index (χ4n) is 2.84. The van der Waals surface area contributed by atoms with E-state index in [9.17, 15) is 9.59 Å². The first kappa shape index (κ1) is 17.5. The molecular formula is C19H21NO4S. The minimum absolute atomic E-state index is 0.200. The van der Waals surface area contributed by atoms with Crippen molar-refractivity contribution in [1.29, 1.82) is 0 Å². The van der Waals surface area contributed by atoms with E-state index in [0.29, 0.717) is 16.3 Å². The number of amides is 1. The maximum atomic E-state index is 12.5. The van der Waals surface area contributed by atoms with Gasteiger partial charge in [0.2, 0.25) is 5.91 Å². The molecule has 0 radical (unpaired) electrons. The number of nitrogens with one attached hydrogen (secondary N) is 1. The first-order valence-electron chi connectivity index (χ1n) is 8.42. The Labute approximate surface area is 150 Å². The number of carbonyl (C=O) groups is 2. The molecule has 1 aliphatic rings. The van der Waals surface area contributed by atoms with Crippen molar-refractivity contribution in [2.75, 3.05) is 5.32 Å². The maximum Gasteiger partial charge on any atom is 0.341 e. The van der Waals surface area contributed by atoms with E-state index < -0.39 is 0 Å². The molecule has 2 heterocycles. The Morgan fingerprint density at radius 3 is 2.84 bits per heavy atom. The summed E-state index contributed by atoms with van der Waals surface area (Å²) in [5.74, 6) is -0.0617. The summed E-state index contributed by atoms with van der Waals surface area (Å²) in [5, 5.41) is 3.41. The number of aryl methyl sites for hydroxylation is 1. The first-order valence-corrected chi connectivity index (χ1v) is 9.24. The number of fused-ring (bicyclic) bond motifs is 1. The van der Waals surface area contributed by atoms with Crippen molar-refractivity contribution in [3.05, 3.63) is 46.2 Å². The number of hydrogen-bond donors (Lipinski definition) is 1. The Bertz CT molecular complexity index is 787. The van der Waals surface area contributed by atoms with Gasteiger partial charge in [-0.1, -0.05) is 0 Å². The lowest BCUT2D eigenvalue weighted by Crippen LogP contribution is -2.17. The van der Waals surface area contributed by atoms with Crippen LogP contribution in [0.3, 0.4) is 0 Å². The monoisotopic (exact) mass is 359 g/mol. The van der Waals surface area contributed by atoms with Gasteiger partial charge in [-0.05, 0) is 63.3 Å². The van der Waals surface area contributed by atoms with Crippen LogP contribution in [0.1, 0.15) is 53.2 Å². The SMILES string of the molecule is CC(C)OC(=O)c1c(NC(=O)/C=C/c2ccco2)sc2c1CCCC2. The minimum atomic E-state index is -0.361. The second-order valence-corrected chi connectivity index (χ2v) is 7.31. The Hall–Kier alpha value is -2.34. The van der Waals surface area contributed by atoms with E-state index in [1.807, 2.05) is 13.8 Å². The Morgan fingerprint density at radius 2 is 2.12 bits per heavy atom. The second-order valence-electron chi connectivity index (χ2n) is 6.21. The van der Waals surface area contributed by atoms with Crippen LogP contribution in [0.4, 0.5) is 5.00 Å². The molecule has 0 saturated carbocycles. The molecule has 0 aliphatic heterocycles. The lowest BCUT2D eigenvalue weighted by Gasteiger charge is -2.14. The van der Waals surface area contributed by atoms with Crippen molar-refractivity contribution >= 4 is 34.3 Å². The van der Waals surface area contributed by atoms with E-state index >= 15 is 0 Å². The highest BCUT2D eigenvalue weighted by atomic mass is 32.1. The molecule has 1 aliphatic carbocycles. The second kappa shape index (κ2) is 7.70. The van der Waals surface area contributed by atoms with Gasteiger partial charge >= 0.3 is 5.97 Å². The molecule has 2 aromatic heterocycles. The molecule has 132 valence electrons. The average Bonchev–Trinajstić information content (AvgIpc) is 3.19. The van der Waals surface area contributed by atoms with Gasteiger partial charge in [0.1, 0.15) is 10.8 Å². The average molecular weight is 359 g/mol. The van der Waals surface area contributed by atoms with Gasteiger partial charge in [-0.3, -0.25) is 4.79 Å². The van der Waals surface area contributed by atoms with Crippen LogP contribution in [0.5, 0.6) is 0 Å². The van der Waals surface area contributed by atoms with Crippen molar-refractivity contribution in [3.8, 4) is 0 Å². The van der Waals surface area contributed by atoms with Gasteiger partial charge in [-0.25, -0.2) is 4.79 Å². The van der Waals surface area contributed by atoms with Crippen molar-refractivity contribution in [1.82, 2.24) is 0 Å². The molecule has 0 bridgehead atoms. The van der Waals surface area contributed by atoms with Gasteiger partial charge in [-0.2, -0.15) is 0 Å². The molecule has 1 amide bonds. The number of rotatable bonds is 5. The summed E-state index contributed by atoms with van der Waals surface area (Å²) >= 11 is 1.48. The number of anilines is 1. The van der Waals surface area contributed by atoms with Crippen LogP contribution in [0.15, 0.2) is 28.9 Å². The van der Waals surface area contributed by atoms with Crippen molar-refractivity contribution in [3.63, 3.8) is 0 Å². The van der Waals surface area contributed by atoms with Gasteiger partial charge in [0.15, 0.2) is 0 Å². The molecule has 0 unspecified atom stereocenters. The molecule has 0 fully saturated rings. The lowest BCUT2D eigenvalue weighted by atomic mass is 9.95. The molecule has 0 spiro atoms. The Kier molecular flexibility index (Phi) is 5.38. The molecule has 0 atom stereocenters. The van der Waals surface area contributed by atoms with Crippen LogP contribution >= 0.6 is 11.3 Å². The number of ether oxygens (including phenoxy) is 1. The molecule has 0 aromatic carbocycles. The van der Waals surface area contributed by atoms with Crippen LogP contribution in [0.2, 0.25) is 0 Å². The van der Waals surface area contributed by atoms with Gasteiger partial charge in [0, 0.05) is 11.0 Å². The fraction of sp³-hybridized carbons (Fsp3) is 0.368. The summed E-state index contributed by atoms with van der Waals surface area (Å²) in [6.07, 6.45) is 8.30. The van der Waals surface area contributed by atoms with Gasteiger partial charge < -0.3 is 14.5 Å². The standard InChI is InChI=1S/C19H21NO4S/c1-12(2)24-19(22)17-14-7-3-4-8-15(14)25-18(17)20-16(21)10-9-13-6-5-11-23-13/h5-6,9-12H,3-4,7-8H2,1-2H3,(H,20,21)/b10-9+. The normalized spacial score (nSPS) is 13.9. The highest BCUT2D eigenvalue weighted by Gasteiger charge is 2.27. The zero-order chi connectivity index (χ0) is 17.8. The highest BCUT2D eigenvalue weighted by Crippen LogP contribution is 2.38. The Balaban J connectivity index is 1.83. The molecule has 3 rings (SSSR count). The predicted octanol–water partition coefficient (Wildman–Crippen LogP) is 4.44. The smallest absolute Gasteiger partial charge is 0.341 e. The van der Waals surface area contributed by atoms with E-state index in [2.05, 4.69) is 5.32 Å². The molecule has 2 aromatic rings. The lowest BCUT2D eigenvalue weighted by molar-refractivity contribution is -0.111. The van der Waals surface area contributed by atoms with Crippen molar-refractivity contribution in [2.24, 2.45) is 0 Å². The van der Waals surface area contributed by atoms with Gasteiger partial charge in [0.25, 0.3) is 0 Å². The number of furan rings is 1. The van der Waals surface area contributed by atoms with E-state index in [1.54, 1.807) is 24.5 Å². The number of thiophene rings is 1. The largest absolute Gasteiger partial charge is 0.465 e. The zero-order valence-electron chi connectivity index (χ0n) is 14.3. The maximum absolute atomic E-state index is 12.5. The number of esters is 1. The van der Waals surface area contributed by atoms with E-state index in [4.69, 9.17) is 9.15 Å². The molecule has 6 heteroatoms. The van der Waals surface area contributed by atoms with Crippen LogP contribution in [-0.4, -0.2) is 18.0 Å². The summed E-state index contributed by atoms with van der Waals surface area (Å²) in [6.45, 7) is 3.64. The fourth-order valence-corrected chi connectivity index (χ4v) is 4.12. The van der Waals surface area contributed by atoms with E-state index in [0.717, 1.165) is 31.2 Å². The zero-order valence-corrected chi connectivity index (χ0v) is 15.2. The third kappa shape index (κ3) is 4.20. The van der Waals surface area contributed by atoms with E-state index in [1.165, 1.54) is 22.3 Å². The quantitative estimate of drug-likeness (QED) is 0.633. The van der Waals surface area contributed by atoms with Crippen LogP contribution in [-0.2, 0) is 22.4 Å².